The summed E-state index contributed by atoms with van der Waals surface area (Å²) in [6.45, 7) is 0. The Labute approximate surface area is 136 Å². The summed E-state index contributed by atoms with van der Waals surface area (Å²) in [5, 5.41) is 0. The Balaban J connectivity index is 0.000000205. The molecule has 0 spiro atoms. The molecule has 0 heterocycles. The molecule has 0 aliphatic heterocycles. The summed E-state index contributed by atoms with van der Waals surface area (Å²) in [6.07, 6.45) is 0. The molecule has 16 heavy (non-hydrogen) atoms. The summed E-state index contributed by atoms with van der Waals surface area (Å²) in [5.74, 6) is 0. The average Bonchev–Trinajstić information content (AvgIpc) is 3.09. The Morgan fingerprint density at radius 3 is 0.625 bits per heavy atom. The van der Waals surface area contributed by atoms with E-state index in [-0.39, 0.29) is 46.9 Å². The summed E-state index contributed by atoms with van der Waals surface area (Å²) >= 11 is 0. The van der Waals surface area contributed by atoms with Gasteiger partial charge in [0.1, 0.15) is 0 Å². The van der Waals surface area contributed by atoms with Gasteiger partial charge in [-0.2, -0.15) is 54.6 Å². The van der Waals surface area contributed by atoms with Crippen LogP contribution in [0.5, 0.6) is 0 Å². The zero-order valence-corrected chi connectivity index (χ0v) is 10.6. The monoisotopic (exact) mass is 369 g/mol. The summed E-state index contributed by atoms with van der Waals surface area (Å²) in [4.78, 5) is 0. The van der Waals surface area contributed by atoms with Crippen LogP contribution in [0.2, 0.25) is 0 Å². The molecule has 1 heteroatoms. The van der Waals surface area contributed by atoms with Gasteiger partial charge < -0.3 is 0 Å². The standard InChI is InChI=1S/3C5H5.Yb/c3*1-2-4-5-3-1;/h3*1-5H;/q3*-1;. The molecule has 0 radical (unpaired) electrons. The fourth-order valence-electron chi connectivity index (χ4n) is 0.962. The molecule has 3 aromatic carbocycles. The molecule has 0 atom stereocenters. The van der Waals surface area contributed by atoms with Crippen molar-refractivity contribution in [2.45, 2.75) is 0 Å². The van der Waals surface area contributed by atoms with Crippen molar-refractivity contribution >= 4 is 0 Å². The predicted molar refractivity (Wildman–Crippen MR) is 66.1 cm³/mol. The van der Waals surface area contributed by atoms with Gasteiger partial charge in [-0.05, 0) is 0 Å². The van der Waals surface area contributed by atoms with Crippen LogP contribution in [-0.4, -0.2) is 0 Å². The van der Waals surface area contributed by atoms with Crippen LogP contribution in [0.25, 0.3) is 0 Å². The first-order valence-corrected chi connectivity index (χ1v) is 5.00. The van der Waals surface area contributed by atoms with E-state index < -0.39 is 0 Å². The minimum atomic E-state index is 0. The molecule has 0 bridgehead atoms. The Morgan fingerprint density at radius 2 is 0.562 bits per heavy atom. The van der Waals surface area contributed by atoms with Crippen LogP contribution in [0, 0.1) is 46.9 Å². The van der Waals surface area contributed by atoms with Crippen molar-refractivity contribution in [1.82, 2.24) is 0 Å². The second kappa shape index (κ2) is 12.6. The van der Waals surface area contributed by atoms with E-state index in [1.807, 2.05) is 91.0 Å². The molecule has 0 saturated heterocycles. The Bertz CT molecular complexity index is 237. The van der Waals surface area contributed by atoms with E-state index in [0.717, 1.165) is 0 Å². The van der Waals surface area contributed by atoms with E-state index in [0.29, 0.717) is 0 Å². The minimum absolute atomic E-state index is 0. The van der Waals surface area contributed by atoms with Gasteiger partial charge in [-0.25, -0.2) is 36.4 Å². The predicted octanol–water partition coefficient (Wildman–Crippen LogP) is 4.22. The molecular weight excluding hydrogens is 353 g/mol. The minimum Gasteiger partial charge on any atom is -0.214 e. The van der Waals surface area contributed by atoms with Crippen molar-refractivity contribution in [3.8, 4) is 0 Å². The van der Waals surface area contributed by atoms with Crippen LogP contribution in [0.4, 0.5) is 0 Å². The second-order valence-electron chi connectivity index (χ2n) is 2.89. The molecule has 0 aromatic heterocycles. The van der Waals surface area contributed by atoms with Crippen molar-refractivity contribution in [2.75, 3.05) is 0 Å². The molecule has 3 rings (SSSR count). The fraction of sp³-hybridized carbons (Fsp3) is 0. The maximum absolute atomic E-state index is 2.00. The van der Waals surface area contributed by atoms with Crippen LogP contribution in [0.1, 0.15) is 0 Å². The van der Waals surface area contributed by atoms with Crippen molar-refractivity contribution in [3.63, 3.8) is 0 Å². The van der Waals surface area contributed by atoms with Gasteiger partial charge in [0, 0.05) is 46.9 Å². The average molecular weight is 368 g/mol. The zero-order valence-electron chi connectivity index (χ0n) is 8.93. The third-order valence-corrected chi connectivity index (χ3v) is 1.67. The molecule has 0 aliphatic rings. The number of rotatable bonds is 0. The van der Waals surface area contributed by atoms with E-state index in [9.17, 15) is 0 Å². The van der Waals surface area contributed by atoms with Crippen LogP contribution in [-0.2, 0) is 0 Å². The van der Waals surface area contributed by atoms with E-state index in [2.05, 4.69) is 0 Å². The maximum Gasteiger partial charge on any atom is 0 e. The third kappa shape index (κ3) is 10.1. The zero-order chi connectivity index (χ0) is 10.6. The molecule has 92 valence electrons. The summed E-state index contributed by atoms with van der Waals surface area (Å²) in [5.41, 5.74) is 0. The Hall–Kier alpha value is -0.431. The van der Waals surface area contributed by atoms with Gasteiger partial charge in [0.15, 0.2) is 0 Å². The van der Waals surface area contributed by atoms with E-state index in [1.165, 1.54) is 0 Å². The summed E-state index contributed by atoms with van der Waals surface area (Å²) in [6, 6.07) is 30.0. The first-order chi connectivity index (χ1) is 7.50. The van der Waals surface area contributed by atoms with Crippen LogP contribution in [0.3, 0.4) is 0 Å². The first-order valence-electron chi connectivity index (χ1n) is 5.00. The van der Waals surface area contributed by atoms with Gasteiger partial charge in [0.05, 0.1) is 0 Å². The van der Waals surface area contributed by atoms with Crippen molar-refractivity contribution in [1.29, 1.82) is 0 Å². The molecular formula is C15H15Yb-3. The molecule has 0 N–H and O–H groups in total. The van der Waals surface area contributed by atoms with E-state index in [1.54, 1.807) is 0 Å². The van der Waals surface area contributed by atoms with E-state index >= 15 is 0 Å². The molecule has 0 saturated carbocycles. The summed E-state index contributed by atoms with van der Waals surface area (Å²) < 4.78 is 0. The first kappa shape index (κ1) is 15.6. The number of hydrogen-bond acceptors (Lipinski definition) is 0. The van der Waals surface area contributed by atoms with Gasteiger partial charge in [-0.15, -0.1) is 0 Å². The summed E-state index contributed by atoms with van der Waals surface area (Å²) in [7, 11) is 0. The maximum atomic E-state index is 2.00. The molecule has 0 nitrogen and oxygen atoms in total. The molecule has 0 aliphatic carbocycles. The largest absolute Gasteiger partial charge is 0.214 e. The molecule has 0 amide bonds. The van der Waals surface area contributed by atoms with Crippen LogP contribution >= 0.6 is 0 Å². The van der Waals surface area contributed by atoms with Gasteiger partial charge in [-0.1, -0.05) is 0 Å². The SMILES string of the molecule is [Yb].c1cc[cH-]c1.c1cc[cH-]c1.c1cc[cH-]c1. The quantitative estimate of drug-likeness (QED) is 0.522. The van der Waals surface area contributed by atoms with Gasteiger partial charge in [-0.3, -0.25) is 0 Å². The van der Waals surface area contributed by atoms with Crippen LogP contribution in [0.15, 0.2) is 91.0 Å². The van der Waals surface area contributed by atoms with Gasteiger partial charge in [0.2, 0.25) is 0 Å². The second-order valence-corrected chi connectivity index (χ2v) is 2.89. The Morgan fingerprint density at radius 1 is 0.375 bits per heavy atom. The fourth-order valence-corrected chi connectivity index (χ4v) is 0.962. The van der Waals surface area contributed by atoms with Gasteiger partial charge >= 0.3 is 0 Å². The van der Waals surface area contributed by atoms with Gasteiger partial charge in [0.25, 0.3) is 0 Å². The molecule has 3 aromatic rings. The van der Waals surface area contributed by atoms with Crippen molar-refractivity contribution in [3.05, 3.63) is 91.0 Å². The third-order valence-electron chi connectivity index (χ3n) is 1.67. The number of hydrogen-bond donors (Lipinski definition) is 0. The topological polar surface area (TPSA) is 0 Å². The molecule has 0 fully saturated rings. The van der Waals surface area contributed by atoms with Crippen molar-refractivity contribution < 1.29 is 46.9 Å². The molecule has 0 unspecified atom stereocenters. The van der Waals surface area contributed by atoms with E-state index in [4.69, 9.17) is 0 Å². The smallest absolute Gasteiger partial charge is 0 e. The van der Waals surface area contributed by atoms with Crippen molar-refractivity contribution in [2.24, 2.45) is 0 Å². The normalized spacial score (nSPS) is 7.50. The van der Waals surface area contributed by atoms with Crippen LogP contribution < -0.4 is 0 Å². The Kier molecular flexibility index (Phi) is 12.3.